The molecule has 1 aliphatic rings. The van der Waals surface area contributed by atoms with E-state index in [-0.39, 0.29) is 21.1 Å². The summed E-state index contributed by atoms with van der Waals surface area (Å²) in [5.74, 6) is -0.510. The predicted molar refractivity (Wildman–Crippen MR) is 119 cm³/mol. The summed E-state index contributed by atoms with van der Waals surface area (Å²) >= 11 is 7.17. The lowest BCUT2D eigenvalue weighted by Gasteiger charge is -2.09. The summed E-state index contributed by atoms with van der Waals surface area (Å²) < 4.78 is 41.9. The zero-order valence-electron chi connectivity index (χ0n) is 16.6. The third kappa shape index (κ3) is 4.70. The Balaban J connectivity index is 1.66. The first-order valence-corrected chi connectivity index (χ1v) is 12.0. The minimum Gasteiger partial charge on any atom is -0.325 e. The zero-order chi connectivity index (χ0) is 22.3. The highest BCUT2D eigenvalue weighted by Gasteiger charge is 2.31. The van der Waals surface area contributed by atoms with Gasteiger partial charge in [-0.05, 0) is 55.5 Å². The van der Waals surface area contributed by atoms with E-state index in [2.05, 4.69) is 20.0 Å². The number of hydrogen-bond acceptors (Lipinski definition) is 6. The molecule has 2 N–H and O–H groups in total. The fourth-order valence-corrected chi connectivity index (χ4v) is 5.86. The molecule has 1 aliphatic carbocycles. The van der Waals surface area contributed by atoms with Gasteiger partial charge in [0.05, 0.1) is 22.6 Å². The van der Waals surface area contributed by atoms with Gasteiger partial charge in [-0.3, -0.25) is 9.52 Å². The normalized spacial score (nSPS) is 13.8. The van der Waals surface area contributed by atoms with Crippen LogP contribution in [0.4, 0.5) is 15.2 Å². The third-order valence-corrected chi connectivity index (χ3v) is 7.57. The van der Waals surface area contributed by atoms with Gasteiger partial charge in [0.1, 0.15) is 5.82 Å². The average molecular weight is 481 g/mol. The Morgan fingerprint density at radius 3 is 2.65 bits per heavy atom. The minimum absolute atomic E-state index is 0.0199. The largest absolute Gasteiger partial charge is 0.325 e. The van der Waals surface area contributed by atoms with Crippen molar-refractivity contribution in [2.24, 2.45) is 0 Å². The van der Waals surface area contributed by atoms with E-state index in [1.54, 1.807) is 13.0 Å². The van der Waals surface area contributed by atoms with Gasteiger partial charge >= 0.3 is 0 Å². The fraction of sp³-hybridized carbons (Fsp3) is 0.250. The Kier molecular flexibility index (Phi) is 5.71. The van der Waals surface area contributed by atoms with Crippen molar-refractivity contribution in [3.8, 4) is 11.3 Å². The van der Waals surface area contributed by atoms with Crippen molar-refractivity contribution in [1.29, 1.82) is 0 Å². The van der Waals surface area contributed by atoms with Crippen molar-refractivity contribution in [2.45, 2.75) is 37.6 Å². The number of aryl methyl sites for hydroxylation is 1. The standard InChI is InChI=1S/C20H18ClFN4O3S2/c1-10-7-14(24-11(2)27)9-23-19(10)31(28,29)26-20-25-17(18(30-20)12-3-4-12)13-5-6-16(22)15(21)8-13/h5-9,12H,3-4H2,1-2H3,(H,24,27)(H,25,26). The topological polar surface area (TPSA) is 101 Å². The van der Waals surface area contributed by atoms with E-state index < -0.39 is 15.8 Å². The number of thiazole rings is 1. The maximum atomic E-state index is 13.6. The van der Waals surface area contributed by atoms with Gasteiger partial charge in [0, 0.05) is 17.4 Å². The molecule has 0 saturated heterocycles. The SMILES string of the molecule is CC(=O)Nc1cnc(S(=O)(=O)Nc2nc(-c3ccc(F)c(Cl)c3)c(C3CC3)s2)c(C)c1. The second-order valence-corrected chi connectivity index (χ2v) is 10.3. The van der Waals surface area contributed by atoms with Gasteiger partial charge in [-0.25, -0.2) is 14.4 Å². The second-order valence-electron chi connectivity index (χ2n) is 7.27. The zero-order valence-corrected chi connectivity index (χ0v) is 19.0. The maximum Gasteiger partial charge on any atom is 0.281 e. The van der Waals surface area contributed by atoms with Crippen molar-refractivity contribution in [1.82, 2.24) is 9.97 Å². The van der Waals surface area contributed by atoms with Crippen LogP contribution in [0, 0.1) is 12.7 Å². The van der Waals surface area contributed by atoms with Crippen molar-refractivity contribution in [3.63, 3.8) is 0 Å². The third-order valence-electron chi connectivity index (χ3n) is 4.62. The number of carbonyl (C=O) groups is 1. The van der Waals surface area contributed by atoms with Crippen LogP contribution in [0.2, 0.25) is 5.02 Å². The lowest BCUT2D eigenvalue weighted by molar-refractivity contribution is -0.114. The van der Waals surface area contributed by atoms with Crippen LogP contribution in [0.25, 0.3) is 11.3 Å². The molecule has 0 bridgehead atoms. The summed E-state index contributed by atoms with van der Waals surface area (Å²) in [6.07, 6.45) is 3.26. The number of pyridine rings is 1. The van der Waals surface area contributed by atoms with E-state index in [1.807, 2.05) is 0 Å². The van der Waals surface area contributed by atoms with Crippen LogP contribution in [0.5, 0.6) is 0 Å². The number of carbonyl (C=O) groups excluding carboxylic acids is 1. The average Bonchev–Trinajstić information content (AvgIpc) is 3.44. The summed E-state index contributed by atoms with van der Waals surface area (Å²) in [4.78, 5) is 20.6. The molecule has 1 fully saturated rings. The number of anilines is 2. The van der Waals surface area contributed by atoms with E-state index in [4.69, 9.17) is 11.6 Å². The molecular weight excluding hydrogens is 463 g/mol. The molecule has 31 heavy (non-hydrogen) atoms. The molecule has 2 aromatic heterocycles. The van der Waals surface area contributed by atoms with Crippen LogP contribution in [-0.2, 0) is 14.8 Å². The van der Waals surface area contributed by atoms with Crippen LogP contribution in [0.15, 0.2) is 35.5 Å². The number of amides is 1. The van der Waals surface area contributed by atoms with Crippen LogP contribution in [-0.4, -0.2) is 24.3 Å². The number of nitrogens with one attached hydrogen (secondary N) is 2. The fourth-order valence-electron chi connectivity index (χ4n) is 3.13. The lowest BCUT2D eigenvalue weighted by atomic mass is 10.1. The van der Waals surface area contributed by atoms with Gasteiger partial charge in [-0.1, -0.05) is 11.6 Å². The number of nitrogens with zero attached hydrogens (tertiary/aromatic N) is 2. The van der Waals surface area contributed by atoms with Gasteiger partial charge < -0.3 is 5.32 Å². The predicted octanol–water partition coefficient (Wildman–Crippen LogP) is 4.94. The van der Waals surface area contributed by atoms with E-state index in [1.165, 1.54) is 42.7 Å². The van der Waals surface area contributed by atoms with Gasteiger partial charge in [0.2, 0.25) is 5.91 Å². The molecule has 1 aromatic carbocycles. The Labute approximate surface area is 187 Å². The van der Waals surface area contributed by atoms with Crippen LogP contribution >= 0.6 is 22.9 Å². The Morgan fingerprint density at radius 1 is 1.29 bits per heavy atom. The number of halogens is 2. The van der Waals surface area contributed by atoms with Crippen LogP contribution in [0.3, 0.4) is 0 Å². The van der Waals surface area contributed by atoms with Crippen molar-refractivity contribution in [3.05, 3.63) is 51.7 Å². The molecule has 3 aromatic rings. The van der Waals surface area contributed by atoms with E-state index in [0.717, 1.165) is 17.7 Å². The summed E-state index contributed by atoms with van der Waals surface area (Å²) in [7, 11) is -4.01. The summed E-state index contributed by atoms with van der Waals surface area (Å²) in [6, 6.07) is 5.86. The molecule has 7 nitrogen and oxygen atoms in total. The first kappa shape index (κ1) is 21.7. The molecule has 0 atom stereocenters. The molecule has 2 heterocycles. The molecular formula is C20H18ClFN4O3S2. The summed E-state index contributed by atoms with van der Waals surface area (Å²) in [6.45, 7) is 2.95. The number of hydrogen-bond donors (Lipinski definition) is 2. The van der Waals surface area contributed by atoms with Crippen molar-refractivity contribution in [2.75, 3.05) is 10.0 Å². The van der Waals surface area contributed by atoms with Gasteiger partial charge in [0.25, 0.3) is 10.0 Å². The molecule has 0 unspecified atom stereocenters. The highest BCUT2D eigenvalue weighted by Crippen LogP contribution is 2.48. The second kappa shape index (κ2) is 8.18. The molecule has 1 amide bonds. The molecule has 0 aliphatic heterocycles. The number of aromatic nitrogens is 2. The molecule has 11 heteroatoms. The number of benzene rings is 1. The number of sulfonamides is 1. The van der Waals surface area contributed by atoms with E-state index >= 15 is 0 Å². The van der Waals surface area contributed by atoms with Gasteiger partial charge in [0.15, 0.2) is 10.2 Å². The molecule has 0 spiro atoms. The van der Waals surface area contributed by atoms with Crippen molar-refractivity contribution < 1.29 is 17.6 Å². The van der Waals surface area contributed by atoms with Crippen LogP contribution in [0.1, 0.15) is 36.1 Å². The lowest BCUT2D eigenvalue weighted by Crippen LogP contribution is -2.16. The van der Waals surface area contributed by atoms with Gasteiger partial charge in [-0.15, -0.1) is 11.3 Å². The highest BCUT2D eigenvalue weighted by molar-refractivity contribution is 7.92. The number of rotatable bonds is 6. The molecule has 4 rings (SSSR count). The maximum absolute atomic E-state index is 13.6. The van der Waals surface area contributed by atoms with Gasteiger partial charge in [-0.2, -0.15) is 8.42 Å². The molecule has 0 radical (unpaired) electrons. The smallest absolute Gasteiger partial charge is 0.281 e. The Bertz CT molecular complexity index is 1290. The first-order chi connectivity index (χ1) is 14.6. The molecule has 162 valence electrons. The summed E-state index contributed by atoms with van der Waals surface area (Å²) in [5, 5.41) is 2.59. The Morgan fingerprint density at radius 2 is 2.03 bits per heavy atom. The van der Waals surface area contributed by atoms with E-state index in [0.29, 0.717) is 28.4 Å². The summed E-state index contributed by atoms with van der Waals surface area (Å²) in [5.41, 5.74) is 2.01. The quantitative estimate of drug-likeness (QED) is 0.520. The van der Waals surface area contributed by atoms with Crippen molar-refractivity contribution >= 4 is 49.7 Å². The van der Waals surface area contributed by atoms with Crippen LogP contribution < -0.4 is 10.0 Å². The Hall–Kier alpha value is -2.56. The first-order valence-electron chi connectivity index (χ1n) is 9.37. The minimum atomic E-state index is -4.01. The monoisotopic (exact) mass is 480 g/mol. The molecule has 1 saturated carbocycles. The highest BCUT2D eigenvalue weighted by atomic mass is 35.5. The van der Waals surface area contributed by atoms with E-state index in [9.17, 15) is 17.6 Å².